The second-order valence-electron chi connectivity index (χ2n) is 5.78. The molecular formula is C18H28IN5O. The zero-order valence-corrected chi connectivity index (χ0v) is 17.1. The van der Waals surface area contributed by atoms with Crippen molar-refractivity contribution >= 4 is 35.8 Å². The van der Waals surface area contributed by atoms with E-state index in [4.69, 9.17) is 0 Å². The van der Waals surface area contributed by atoms with Crippen LogP contribution in [0.1, 0.15) is 42.5 Å². The van der Waals surface area contributed by atoms with Crippen LogP contribution in [-0.2, 0) is 0 Å². The Morgan fingerprint density at radius 1 is 1.20 bits per heavy atom. The third-order valence-electron chi connectivity index (χ3n) is 3.97. The van der Waals surface area contributed by atoms with Crippen LogP contribution in [0.5, 0.6) is 0 Å². The van der Waals surface area contributed by atoms with Crippen molar-refractivity contribution in [3.8, 4) is 0 Å². The topological polar surface area (TPSA) is 78.4 Å². The Bertz CT molecular complexity index is 574. The van der Waals surface area contributed by atoms with Crippen molar-refractivity contribution in [2.24, 2.45) is 4.99 Å². The first-order chi connectivity index (χ1) is 11.8. The minimum Gasteiger partial charge on any atom is -0.356 e. The molecule has 0 aromatic carbocycles. The molecule has 1 aromatic heterocycles. The summed E-state index contributed by atoms with van der Waals surface area (Å²) in [5.41, 5.74) is 2.12. The fraction of sp³-hybridized carbons (Fsp3) is 0.500. The number of hydrogen-bond donors (Lipinski definition) is 3. The Morgan fingerprint density at radius 2 is 2.00 bits per heavy atom. The van der Waals surface area contributed by atoms with Gasteiger partial charge in [0.15, 0.2) is 5.96 Å². The molecule has 1 aliphatic carbocycles. The van der Waals surface area contributed by atoms with Gasteiger partial charge in [-0.2, -0.15) is 0 Å². The molecule has 0 fully saturated rings. The summed E-state index contributed by atoms with van der Waals surface area (Å²) in [6, 6.07) is 3.50. The molecule has 0 saturated heterocycles. The van der Waals surface area contributed by atoms with Gasteiger partial charge in [-0.05, 0) is 44.2 Å². The number of nitrogens with one attached hydrogen (secondary N) is 3. The van der Waals surface area contributed by atoms with E-state index in [1.54, 1.807) is 37.1 Å². The van der Waals surface area contributed by atoms with Gasteiger partial charge >= 0.3 is 0 Å². The largest absolute Gasteiger partial charge is 0.356 e. The highest BCUT2D eigenvalue weighted by Gasteiger charge is 2.05. The standard InChI is InChI=1S/C18H27N5O.HI/c1-19-18(22-11-9-15-6-3-2-4-7-15)23-13-12-21-17(24)16-8-5-10-20-14-16;/h5-6,8,10,14H,2-4,7,9,11-13H2,1H3,(H,21,24)(H2,19,22,23);1H. The maximum atomic E-state index is 11.9. The van der Waals surface area contributed by atoms with E-state index in [0.29, 0.717) is 18.7 Å². The van der Waals surface area contributed by atoms with Crippen molar-refractivity contribution in [3.05, 3.63) is 41.7 Å². The summed E-state index contributed by atoms with van der Waals surface area (Å²) in [7, 11) is 1.75. The molecule has 0 saturated carbocycles. The minimum atomic E-state index is -0.114. The quantitative estimate of drug-likeness (QED) is 0.193. The van der Waals surface area contributed by atoms with Crippen molar-refractivity contribution in [2.45, 2.75) is 32.1 Å². The number of halogens is 1. The van der Waals surface area contributed by atoms with Crippen LogP contribution in [0.2, 0.25) is 0 Å². The lowest BCUT2D eigenvalue weighted by atomic mass is 9.97. The van der Waals surface area contributed by atoms with Crippen molar-refractivity contribution in [3.63, 3.8) is 0 Å². The zero-order valence-electron chi connectivity index (χ0n) is 14.8. The number of aromatic nitrogens is 1. The zero-order chi connectivity index (χ0) is 17.0. The Labute approximate surface area is 167 Å². The van der Waals surface area contributed by atoms with Crippen LogP contribution in [0, 0.1) is 0 Å². The van der Waals surface area contributed by atoms with Crippen molar-refractivity contribution < 1.29 is 4.79 Å². The van der Waals surface area contributed by atoms with Crippen LogP contribution >= 0.6 is 24.0 Å². The van der Waals surface area contributed by atoms with Crippen LogP contribution in [0.3, 0.4) is 0 Å². The van der Waals surface area contributed by atoms with Crippen LogP contribution in [0.25, 0.3) is 0 Å². The molecule has 1 heterocycles. The second-order valence-corrected chi connectivity index (χ2v) is 5.78. The molecule has 6 nitrogen and oxygen atoms in total. The fourth-order valence-electron chi connectivity index (χ4n) is 2.65. The van der Waals surface area contributed by atoms with Crippen LogP contribution in [0.4, 0.5) is 0 Å². The number of hydrogen-bond acceptors (Lipinski definition) is 3. The van der Waals surface area contributed by atoms with Gasteiger partial charge in [-0.3, -0.25) is 14.8 Å². The number of carbonyl (C=O) groups excluding carboxylic acids is 1. The van der Waals surface area contributed by atoms with Gasteiger partial charge in [0.25, 0.3) is 5.91 Å². The monoisotopic (exact) mass is 457 g/mol. The molecule has 0 bridgehead atoms. The lowest BCUT2D eigenvalue weighted by Crippen LogP contribution is -2.41. The van der Waals surface area contributed by atoms with E-state index in [1.165, 1.54) is 25.7 Å². The first kappa shape index (κ1) is 21.4. The predicted octanol–water partition coefficient (Wildman–Crippen LogP) is 2.48. The van der Waals surface area contributed by atoms with E-state index in [1.807, 2.05) is 0 Å². The maximum Gasteiger partial charge on any atom is 0.252 e. The van der Waals surface area contributed by atoms with E-state index < -0.39 is 0 Å². The molecule has 0 aliphatic heterocycles. The van der Waals surface area contributed by atoms with Gasteiger partial charge in [0, 0.05) is 39.1 Å². The summed E-state index contributed by atoms with van der Waals surface area (Å²) in [5, 5.41) is 9.37. The minimum absolute atomic E-state index is 0. The molecule has 1 amide bonds. The Hall–Kier alpha value is -1.64. The number of guanidine groups is 1. The van der Waals surface area contributed by atoms with Crippen molar-refractivity contribution in [1.82, 2.24) is 20.9 Å². The lowest BCUT2D eigenvalue weighted by molar-refractivity contribution is 0.0954. The molecular weight excluding hydrogens is 429 g/mol. The summed E-state index contributed by atoms with van der Waals surface area (Å²) >= 11 is 0. The summed E-state index contributed by atoms with van der Waals surface area (Å²) in [4.78, 5) is 20.0. The third-order valence-corrected chi connectivity index (χ3v) is 3.97. The van der Waals surface area contributed by atoms with Crippen LogP contribution in [-0.4, -0.2) is 43.5 Å². The summed E-state index contributed by atoms with van der Waals surface area (Å²) in [5.74, 6) is 0.652. The molecule has 25 heavy (non-hydrogen) atoms. The van der Waals surface area contributed by atoms with Crippen molar-refractivity contribution in [2.75, 3.05) is 26.7 Å². The first-order valence-corrected chi connectivity index (χ1v) is 8.60. The van der Waals surface area contributed by atoms with E-state index >= 15 is 0 Å². The highest BCUT2D eigenvalue weighted by Crippen LogP contribution is 2.19. The maximum absolute atomic E-state index is 11.9. The third kappa shape index (κ3) is 8.33. The smallest absolute Gasteiger partial charge is 0.252 e. The molecule has 0 spiro atoms. The molecule has 138 valence electrons. The molecule has 0 unspecified atom stereocenters. The fourth-order valence-corrected chi connectivity index (χ4v) is 2.65. The van der Waals surface area contributed by atoms with Gasteiger partial charge in [0.2, 0.25) is 0 Å². The molecule has 0 atom stereocenters. The number of pyridine rings is 1. The van der Waals surface area contributed by atoms with Gasteiger partial charge in [-0.1, -0.05) is 11.6 Å². The van der Waals surface area contributed by atoms with E-state index in [9.17, 15) is 4.79 Å². The van der Waals surface area contributed by atoms with Gasteiger partial charge < -0.3 is 16.0 Å². The Morgan fingerprint density at radius 3 is 2.68 bits per heavy atom. The van der Waals surface area contributed by atoms with Gasteiger partial charge in [-0.15, -0.1) is 24.0 Å². The molecule has 0 radical (unpaired) electrons. The Balaban J connectivity index is 0.00000312. The predicted molar refractivity (Wildman–Crippen MR) is 113 cm³/mol. The molecule has 3 N–H and O–H groups in total. The normalized spacial score (nSPS) is 14.1. The van der Waals surface area contributed by atoms with E-state index in [2.05, 4.69) is 32.0 Å². The molecule has 2 rings (SSSR count). The highest BCUT2D eigenvalue weighted by molar-refractivity contribution is 14.0. The van der Waals surface area contributed by atoms with Crippen LogP contribution in [0.15, 0.2) is 41.2 Å². The first-order valence-electron chi connectivity index (χ1n) is 8.60. The average Bonchev–Trinajstić information content (AvgIpc) is 2.65. The number of carbonyl (C=O) groups is 1. The Kier molecular flexibility index (Phi) is 10.9. The number of rotatable bonds is 7. The van der Waals surface area contributed by atoms with Gasteiger partial charge in [0.05, 0.1) is 5.56 Å². The number of allylic oxidation sites excluding steroid dienone is 1. The SMILES string of the molecule is CN=C(NCCNC(=O)c1cccnc1)NCCC1=CCCCC1.I. The average molecular weight is 457 g/mol. The lowest BCUT2D eigenvalue weighted by Gasteiger charge is -2.15. The van der Waals surface area contributed by atoms with Crippen molar-refractivity contribution in [1.29, 1.82) is 0 Å². The number of amides is 1. The number of nitrogens with zero attached hydrogens (tertiary/aromatic N) is 2. The summed E-state index contributed by atoms with van der Waals surface area (Å²) < 4.78 is 0. The van der Waals surface area contributed by atoms with Gasteiger partial charge in [0.1, 0.15) is 0 Å². The van der Waals surface area contributed by atoms with Crippen LogP contribution < -0.4 is 16.0 Å². The molecule has 7 heteroatoms. The molecule has 1 aliphatic rings. The number of aliphatic imine (C=N–C) groups is 1. The summed E-state index contributed by atoms with van der Waals surface area (Å²) in [6.45, 7) is 2.03. The summed E-state index contributed by atoms with van der Waals surface area (Å²) in [6.07, 6.45) is 11.7. The molecule has 1 aromatic rings. The van der Waals surface area contributed by atoms with E-state index in [-0.39, 0.29) is 29.9 Å². The second kappa shape index (κ2) is 12.7. The van der Waals surface area contributed by atoms with Gasteiger partial charge in [-0.25, -0.2) is 0 Å². The van der Waals surface area contributed by atoms with E-state index in [0.717, 1.165) is 18.9 Å². The highest BCUT2D eigenvalue weighted by atomic mass is 127.